The van der Waals surface area contributed by atoms with Crippen molar-refractivity contribution in [2.24, 2.45) is 0 Å². The Morgan fingerprint density at radius 2 is 1.74 bits per heavy atom. The number of anilines is 1. The lowest BCUT2D eigenvalue weighted by Crippen LogP contribution is -2.12. The maximum Gasteiger partial charge on any atom is 0.224 e. The van der Waals surface area contributed by atoms with Crippen LogP contribution in [-0.4, -0.2) is 5.91 Å². The predicted octanol–water partition coefficient (Wildman–Crippen LogP) is 4.15. The van der Waals surface area contributed by atoms with Gasteiger partial charge in [0.15, 0.2) is 0 Å². The average Bonchev–Trinajstić information content (AvgIpc) is 2.46. The smallest absolute Gasteiger partial charge is 0.224 e. The van der Waals surface area contributed by atoms with E-state index in [0.717, 1.165) is 23.0 Å². The van der Waals surface area contributed by atoms with Crippen molar-refractivity contribution in [1.29, 1.82) is 0 Å². The Hall–Kier alpha value is -1.61. The highest BCUT2D eigenvalue weighted by molar-refractivity contribution is 9.08. The van der Waals surface area contributed by atoms with Crippen LogP contribution in [-0.2, 0) is 16.5 Å². The van der Waals surface area contributed by atoms with Crippen LogP contribution < -0.4 is 5.32 Å². The van der Waals surface area contributed by atoms with Crippen LogP contribution in [0.15, 0.2) is 54.6 Å². The summed E-state index contributed by atoms with van der Waals surface area (Å²) in [6, 6.07) is 17.9. The first kappa shape index (κ1) is 13.8. The average molecular weight is 318 g/mol. The number of halogens is 1. The third kappa shape index (κ3) is 4.52. The maximum absolute atomic E-state index is 11.9. The standard InChI is InChI=1S/C16H16BrNO/c17-12-14-7-4-8-15(11-14)18-16(19)10-9-13-5-2-1-3-6-13/h1-8,11H,9-10,12H2,(H,18,19). The monoisotopic (exact) mass is 317 g/mol. The van der Waals surface area contributed by atoms with E-state index in [0.29, 0.717) is 6.42 Å². The van der Waals surface area contributed by atoms with Gasteiger partial charge in [-0.25, -0.2) is 0 Å². The Labute approximate surface area is 122 Å². The van der Waals surface area contributed by atoms with E-state index in [1.165, 1.54) is 5.56 Å². The van der Waals surface area contributed by atoms with Crippen molar-refractivity contribution in [3.8, 4) is 0 Å². The van der Waals surface area contributed by atoms with Crippen LogP contribution in [0.5, 0.6) is 0 Å². The number of carbonyl (C=O) groups excluding carboxylic acids is 1. The zero-order chi connectivity index (χ0) is 13.5. The lowest BCUT2D eigenvalue weighted by Gasteiger charge is -2.06. The predicted molar refractivity (Wildman–Crippen MR) is 82.5 cm³/mol. The maximum atomic E-state index is 11.9. The second-order valence-electron chi connectivity index (χ2n) is 4.37. The molecule has 0 aliphatic carbocycles. The summed E-state index contributed by atoms with van der Waals surface area (Å²) < 4.78 is 0. The molecule has 0 atom stereocenters. The normalized spacial score (nSPS) is 10.2. The molecule has 1 N–H and O–H groups in total. The van der Waals surface area contributed by atoms with Crippen LogP contribution in [0, 0.1) is 0 Å². The highest BCUT2D eigenvalue weighted by Crippen LogP contribution is 2.13. The van der Waals surface area contributed by atoms with Crippen LogP contribution in [0.4, 0.5) is 5.69 Å². The third-order valence-electron chi connectivity index (χ3n) is 2.85. The van der Waals surface area contributed by atoms with Gasteiger partial charge in [-0.05, 0) is 29.7 Å². The first-order valence-corrected chi connectivity index (χ1v) is 7.39. The minimum absolute atomic E-state index is 0.0515. The molecule has 0 spiro atoms. The number of rotatable bonds is 5. The van der Waals surface area contributed by atoms with Gasteiger partial charge < -0.3 is 5.32 Å². The number of nitrogens with one attached hydrogen (secondary N) is 1. The van der Waals surface area contributed by atoms with E-state index in [2.05, 4.69) is 21.2 Å². The van der Waals surface area contributed by atoms with Gasteiger partial charge in [-0.15, -0.1) is 0 Å². The molecule has 0 aromatic heterocycles. The topological polar surface area (TPSA) is 29.1 Å². The van der Waals surface area contributed by atoms with Gasteiger partial charge in [0, 0.05) is 17.4 Å². The summed E-state index contributed by atoms with van der Waals surface area (Å²) in [6.07, 6.45) is 1.27. The van der Waals surface area contributed by atoms with E-state index in [1.807, 2.05) is 54.6 Å². The molecular formula is C16H16BrNO. The Morgan fingerprint density at radius 1 is 1.00 bits per heavy atom. The number of benzene rings is 2. The summed E-state index contributed by atoms with van der Waals surface area (Å²) in [5.41, 5.74) is 3.20. The van der Waals surface area contributed by atoms with Crippen LogP contribution >= 0.6 is 15.9 Å². The minimum atomic E-state index is 0.0515. The minimum Gasteiger partial charge on any atom is -0.326 e. The highest BCUT2D eigenvalue weighted by atomic mass is 79.9. The molecule has 0 fully saturated rings. The van der Waals surface area contributed by atoms with E-state index in [1.54, 1.807) is 0 Å². The Morgan fingerprint density at radius 3 is 2.47 bits per heavy atom. The highest BCUT2D eigenvalue weighted by Gasteiger charge is 2.03. The van der Waals surface area contributed by atoms with E-state index < -0.39 is 0 Å². The van der Waals surface area contributed by atoms with Gasteiger partial charge in [0.1, 0.15) is 0 Å². The van der Waals surface area contributed by atoms with E-state index >= 15 is 0 Å². The van der Waals surface area contributed by atoms with Gasteiger partial charge in [-0.1, -0.05) is 58.4 Å². The molecule has 2 rings (SSSR count). The van der Waals surface area contributed by atoms with Gasteiger partial charge in [0.05, 0.1) is 0 Å². The van der Waals surface area contributed by atoms with Crippen molar-refractivity contribution in [2.75, 3.05) is 5.32 Å². The zero-order valence-electron chi connectivity index (χ0n) is 10.6. The molecule has 0 bridgehead atoms. The fourth-order valence-corrected chi connectivity index (χ4v) is 2.21. The first-order valence-electron chi connectivity index (χ1n) is 6.26. The number of hydrogen-bond donors (Lipinski definition) is 1. The van der Waals surface area contributed by atoms with Crippen LogP contribution in [0.2, 0.25) is 0 Å². The van der Waals surface area contributed by atoms with Gasteiger partial charge >= 0.3 is 0 Å². The molecule has 0 saturated carbocycles. The van der Waals surface area contributed by atoms with Crippen molar-refractivity contribution in [2.45, 2.75) is 18.2 Å². The molecule has 2 aromatic carbocycles. The van der Waals surface area contributed by atoms with Gasteiger partial charge in [0.25, 0.3) is 0 Å². The molecule has 2 nitrogen and oxygen atoms in total. The molecule has 0 saturated heterocycles. The number of aryl methyl sites for hydroxylation is 1. The molecule has 0 unspecified atom stereocenters. The summed E-state index contributed by atoms with van der Waals surface area (Å²) >= 11 is 3.41. The molecule has 3 heteroatoms. The fraction of sp³-hybridized carbons (Fsp3) is 0.188. The van der Waals surface area contributed by atoms with Crippen molar-refractivity contribution in [1.82, 2.24) is 0 Å². The van der Waals surface area contributed by atoms with E-state index in [-0.39, 0.29) is 5.91 Å². The zero-order valence-corrected chi connectivity index (χ0v) is 12.2. The van der Waals surface area contributed by atoms with Crippen molar-refractivity contribution < 1.29 is 4.79 Å². The largest absolute Gasteiger partial charge is 0.326 e. The Balaban J connectivity index is 1.87. The summed E-state index contributed by atoms with van der Waals surface area (Å²) in [4.78, 5) is 11.9. The first-order chi connectivity index (χ1) is 9.28. The van der Waals surface area contributed by atoms with Gasteiger partial charge in [-0.3, -0.25) is 4.79 Å². The van der Waals surface area contributed by atoms with Crippen molar-refractivity contribution in [3.63, 3.8) is 0 Å². The summed E-state index contributed by atoms with van der Waals surface area (Å²) in [5.74, 6) is 0.0515. The van der Waals surface area contributed by atoms with Crippen LogP contribution in [0.3, 0.4) is 0 Å². The van der Waals surface area contributed by atoms with Crippen molar-refractivity contribution in [3.05, 3.63) is 65.7 Å². The lowest BCUT2D eigenvalue weighted by atomic mass is 10.1. The fourth-order valence-electron chi connectivity index (χ4n) is 1.86. The third-order valence-corrected chi connectivity index (χ3v) is 3.50. The second kappa shape index (κ2) is 7.10. The molecule has 0 aliphatic rings. The number of amides is 1. The number of carbonyl (C=O) groups is 1. The Bertz CT molecular complexity index is 539. The van der Waals surface area contributed by atoms with Crippen LogP contribution in [0.1, 0.15) is 17.5 Å². The van der Waals surface area contributed by atoms with Gasteiger partial charge in [0.2, 0.25) is 5.91 Å². The van der Waals surface area contributed by atoms with E-state index in [9.17, 15) is 4.79 Å². The van der Waals surface area contributed by atoms with Crippen LogP contribution in [0.25, 0.3) is 0 Å². The van der Waals surface area contributed by atoms with Gasteiger partial charge in [-0.2, -0.15) is 0 Å². The molecule has 0 heterocycles. The molecular weight excluding hydrogens is 302 g/mol. The molecule has 2 aromatic rings. The SMILES string of the molecule is O=C(CCc1ccccc1)Nc1cccc(CBr)c1. The molecule has 0 aliphatic heterocycles. The van der Waals surface area contributed by atoms with Crippen molar-refractivity contribution >= 4 is 27.5 Å². The summed E-state index contributed by atoms with van der Waals surface area (Å²) in [6.45, 7) is 0. The Kier molecular flexibility index (Phi) is 5.16. The summed E-state index contributed by atoms with van der Waals surface area (Å²) in [5, 5.41) is 3.72. The molecule has 19 heavy (non-hydrogen) atoms. The summed E-state index contributed by atoms with van der Waals surface area (Å²) in [7, 11) is 0. The lowest BCUT2D eigenvalue weighted by molar-refractivity contribution is -0.116. The molecule has 0 radical (unpaired) electrons. The number of alkyl halides is 1. The number of hydrogen-bond acceptors (Lipinski definition) is 1. The quantitative estimate of drug-likeness (QED) is 0.824. The van der Waals surface area contributed by atoms with E-state index in [4.69, 9.17) is 0 Å². The molecule has 1 amide bonds. The second-order valence-corrected chi connectivity index (χ2v) is 4.93. The molecule has 98 valence electrons.